The van der Waals surface area contributed by atoms with E-state index in [9.17, 15) is 4.79 Å². The molecule has 0 unspecified atom stereocenters. The highest BCUT2D eigenvalue weighted by atomic mass is 32.2. The van der Waals surface area contributed by atoms with Crippen molar-refractivity contribution in [3.05, 3.63) is 30.3 Å². The zero-order chi connectivity index (χ0) is 15.3. The largest absolute Gasteiger partial charge is 0.336 e. The number of hydrogen-bond donors (Lipinski definition) is 2. The van der Waals surface area contributed by atoms with Crippen LogP contribution in [0.25, 0.3) is 0 Å². The first-order valence-electron chi connectivity index (χ1n) is 8.21. The minimum absolute atomic E-state index is 0.0936. The lowest BCUT2D eigenvalue weighted by molar-refractivity contribution is 0.105. The fourth-order valence-corrected chi connectivity index (χ4v) is 4.52. The Morgan fingerprint density at radius 2 is 1.82 bits per heavy atom. The fourth-order valence-electron chi connectivity index (χ4n) is 3.62. The van der Waals surface area contributed by atoms with Crippen molar-refractivity contribution in [1.29, 1.82) is 0 Å². The maximum absolute atomic E-state index is 12.1. The van der Waals surface area contributed by atoms with Gasteiger partial charge in [-0.15, -0.1) is 0 Å². The molecule has 0 aromatic heterocycles. The van der Waals surface area contributed by atoms with Crippen LogP contribution in [0.4, 0.5) is 10.5 Å². The summed E-state index contributed by atoms with van der Waals surface area (Å²) in [6.45, 7) is 3.08. The van der Waals surface area contributed by atoms with Crippen molar-refractivity contribution >= 4 is 23.5 Å². The van der Waals surface area contributed by atoms with Crippen molar-refractivity contribution < 1.29 is 4.79 Å². The topological polar surface area (TPSA) is 44.4 Å². The average Bonchev–Trinajstić information content (AvgIpc) is 3.05. The van der Waals surface area contributed by atoms with Crippen LogP contribution in [0.2, 0.25) is 0 Å². The Hall–Kier alpha value is -1.20. The summed E-state index contributed by atoms with van der Waals surface area (Å²) in [5.41, 5.74) is 1.03. The molecule has 3 rings (SSSR count). The van der Waals surface area contributed by atoms with E-state index >= 15 is 0 Å². The molecule has 0 bridgehead atoms. The lowest BCUT2D eigenvalue weighted by Gasteiger charge is -2.43. The highest BCUT2D eigenvalue weighted by molar-refractivity contribution is 7.99. The molecule has 1 aliphatic carbocycles. The molecular formula is C17H25N3OS. The van der Waals surface area contributed by atoms with Gasteiger partial charge in [0.05, 0.1) is 0 Å². The van der Waals surface area contributed by atoms with Crippen LogP contribution >= 0.6 is 11.8 Å². The normalized spacial score (nSPS) is 21.5. The maximum atomic E-state index is 12.1. The molecular weight excluding hydrogens is 294 g/mol. The van der Waals surface area contributed by atoms with Crippen LogP contribution in [-0.4, -0.2) is 47.6 Å². The Balaban J connectivity index is 1.56. The van der Waals surface area contributed by atoms with Gasteiger partial charge in [0.25, 0.3) is 0 Å². The number of benzene rings is 1. The SMILES string of the molecule is O=C(NCC1(N2CCSCC2)CCCC1)Nc1ccccc1. The van der Waals surface area contributed by atoms with Crippen molar-refractivity contribution in [3.63, 3.8) is 0 Å². The predicted molar refractivity (Wildman–Crippen MR) is 93.6 cm³/mol. The molecule has 120 valence electrons. The molecule has 1 heterocycles. The Kier molecular flexibility index (Phi) is 5.26. The van der Waals surface area contributed by atoms with Gasteiger partial charge in [-0.3, -0.25) is 4.90 Å². The van der Waals surface area contributed by atoms with Crippen LogP contribution in [0.1, 0.15) is 25.7 Å². The van der Waals surface area contributed by atoms with Crippen molar-refractivity contribution in [1.82, 2.24) is 10.2 Å². The van der Waals surface area contributed by atoms with Gasteiger partial charge in [-0.25, -0.2) is 4.79 Å². The van der Waals surface area contributed by atoms with Crippen molar-refractivity contribution in [2.24, 2.45) is 0 Å². The third-order valence-electron chi connectivity index (χ3n) is 4.83. The van der Waals surface area contributed by atoms with Gasteiger partial charge in [0.2, 0.25) is 0 Å². The molecule has 2 fully saturated rings. The summed E-state index contributed by atoms with van der Waals surface area (Å²) >= 11 is 2.04. The van der Waals surface area contributed by atoms with Crippen molar-refractivity contribution in [2.45, 2.75) is 31.2 Å². The standard InChI is InChI=1S/C17H25N3OS/c21-16(19-15-6-2-1-3-7-15)18-14-17(8-4-5-9-17)20-10-12-22-13-11-20/h1-3,6-7H,4-5,8-14H2,(H2,18,19,21). The van der Waals surface area contributed by atoms with E-state index < -0.39 is 0 Å². The number of para-hydroxylation sites is 1. The maximum Gasteiger partial charge on any atom is 0.319 e. The molecule has 0 radical (unpaired) electrons. The van der Waals surface area contributed by atoms with Gasteiger partial charge in [-0.05, 0) is 25.0 Å². The van der Waals surface area contributed by atoms with Crippen LogP contribution in [-0.2, 0) is 0 Å². The van der Waals surface area contributed by atoms with Gasteiger partial charge < -0.3 is 10.6 Å². The third-order valence-corrected chi connectivity index (χ3v) is 5.77. The first-order valence-corrected chi connectivity index (χ1v) is 9.37. The van der Waals surface area contributed by atoms with Gasteiger partial charge in [0, 0.05) is 42.4 Å². The lowest BCUT2D eigenvalue weighted by Crippen LogP contribution is -2.56. The highest BCUT2D eigenvalue weighted by Gasteiger charge is 2.40. The number of rotatable bonds is 4. The minimum atomic E-state index is -0.0936. The summed E-state index contributed by atoms with van der Waals surface area (Å²) in [6.07, 6.45) is 4.99. The second-order valence-corrected chi connectivity index (χ2v) is 7.43. The molecule has 1 aromatic rings. The van der Waals surface area contributed by atoms with Gasteiger partial charge in [-0.2, -0.15) is 11.8 Å². The molecule has 5 heteroatoms. The van der Waals surface area contributed by atoms with Gasteiger partial charge >= 0.3 is 6.03 Å². The molecule has 1 aromatic carbocycles. The van der Waals surface area contributed by atoms with E-state index in [0.717, 1.165) is 25.3 Å². The zero-order valence-corrected chi connectivity index (χ0v) is 13.8. The number of urea groups is 1. The number of nitrogens with one attached hydrogen (secondary N) is 2. The van der Waals surface area contributed by atoms with E-state index in [2.05, 4.69) is 15.5 Å². The molecule has 2 aliphatic rings. The first kappa shape index (κ1) is 15.7. The summed E-state index contributed by atoms with van der Waals surface area (Å²) in [7, 11) is 0. The number of hydrogen-bond acceptors (Lipinski definition) is 3. The number of thioether (sulfide) groups is 1. The molecule has 0 spiro atoms. The number of nitrogens with zero attached hydrogens (tertiary/aromatic N) is 1. The zero-order valence-electron chi connectivity index (χ0n) is 13.0. The molecule has 0 atom stereocenters. The Morgan fingerprint density at radius 3 is 2.50 bits per heavy atom. The summed E-state index contributed by atoms with van der Waals surface area (Å²) in [5, 5.41) is 6.03. The Labute approximate surface area is 137 Å². The third kappa shape index (κ3) is 3.76. The number of carbonyl (C=O) groups excluding carboxylic acids is 1. The summed E-state index contributed by atoms with van der Waals surface area (Å²) in [5.74, 6) is 2.44. The van der Waals surface area contributed by atoms with Crippen molar-refractivity contribution in [2.75, 3.05) is 36.5 Å². The van der Waals surface area contributed by atoms with Crippen LogP contribution in [0, 0.1) is 0 Å². The minimum Gasteiger partial charge on any atom is -0.336 e. The summed E-state index contributed by atoms with van der Waals surface area (Å²) in [4.78, 5) is 14.8. The van der Waals surface area contributed by atoms with Crippen LogP contribution in [0.15, 0.2) is 30.3 Å². The van der Waals surface area contributed by atoms with Gasteiger partial charge in [0.1, 0.15) is 0 Å². The molecule has 1 saturated heterocycles. The van der Waals surface area contributed by atoms with Crippen LogP contribution in [0.3, 0.4) is 0 Å². The lowest BCUT2D eigenvalue weighted by atomic mass is 9.94. The molecule has 1 aliphatic heterocycles. The van der Waals surface area contributed by atoms with Crippen LogP contribution < -0.4 is 10.6 Å². The van der Waals surface area contributed by atoms with E-state index in [0.29, 0.717) is 0 Å². The van der Waals surface area contributed by atoms with E-state index in [1.807, 2.05) is 42.1 Å². The quantitative estimate of drug-likeness (QED) is 0.896. The van der Waals surface area contributed by atoms with E-state index in [1.165, 1.54) is 37.2 Å². The van der Waals surface area contributed by atoms with Crippen molar-refractivity contribution in [3.8, 4) is 0 Å². The number of anilines is 1. The average molecular weight is 319 g/mol. The van der Waals surface area contributed by atoms with E-state index in [-0.39, 0.29) is 11.6 Å². The Morgan fingerprint density at radius 1 is 1.14 bits per heavy atom. The van der Waals surface area contributed by atoms with Gasteiger partial charge in [0.15, 0.2) is 0 Å². The number of amides is 2. The van der Waals surface area contributed by atoms with E-state index in [4.69, 9.17) is 0 Å². The molecule has 22 heavy (non-hydrogen) atoms. The summed E-state index contributed by atoms with van der Waals surface area (Å²) in [6, 6.07) is 9.53. The summed E-state index contributed by atoms with van der Waals surface area (Å²) < 4.78 is 0. The second kappa shape index (κ2) is 7.38. The molecule has 2 N–H and O–H groups in total. The molecule has 4 nitrogen and oxygen atoms in total. The smallest absolute Gasteiger partial charge is 0.319 e. The predicted octanol–water partition coefficient (Wildman–Crippen LogP) is 3.17. The monoisotopic (exact) mass is 319 g/mol. The van der Waals surface area contributed by atoms with Gasteiger partial charge in [-0.1, -0.05) is 31.0 Å². The highest BCUT2D eigenvalue weighted by Crippen LogP contribution is 2.36. The van der Waals surface area contributed by atoms with Crippen LogP contribution in [0.5, 0.6) is 0 Å². The first-order chi connectivity index (χ1) is 10.8. The van der Waals surface area contributed by atoms with E-state index in [1.54, 1.807) is 0 Å². The molecule has 1 saturated carbocycles. The second-order valence-electron chi connectivity index (χ2n) is 6.20. The Bertz CT molecular complexity index is 482. The number of carbonyl (C=O) groups is 1. The fraction of sp³-hybridized carbons (Fsp3) is 0.588. The molecule has 2 amide bonds.